The normalized spacial score (nSPS) is 18.2. The fourth-order valence-electron chi connectivity index (χ4n) is 3.63. The van der Waals surface area contributed by atoms with Crippen LogP contribution < -0.4 is 10.6 Å². The molecule has 0 bridgehead atoms. The van der Waals surface area contributed by atoms with E-state index >= 15 is 0 Å². The van der Waals surface area contributed by atoms with Gasteiger partial charge in [-0.3, -0.25) is 24.1 Å². The summed E-state index contributed by atoms with van der Waals surface area (Å²) in [6, 6.07) is 8.51. The van der Waals surface area contributed by atoms with Gasteiger partial charge >= 0.3 is 5.97 Å². The number of allylic oxidation sites excluding steroid dienone is 3. The van der Waals surface area contributed by atoms with E-state index in [1.54, 1.807) is 31.4 Å². The van der Waals surface area contributed by atoms with Crippen LogP contribution in [0.4, 0.5) is 0 Å². The Labute approximate surface area is 197 Å². The maximum absolute atomic E-state index is 13.3. The Balaban J connectivity index is 1.81. The zero-order chi connectivity index (χ0) is 23.8. The second-order valence-corrected chi connectivity index (χ2v) is 8.89. The zero-order valence-electron chi connectivity index (χ0n) is 18.6. The number of carbonyl (C=O) groups excluding carboxylic acids is 4. The minimum atomic E-state index is -0.885. The minimum Gasteiger partial charge on any atom is -0.465 e. The quantitative estimate of drug-likeness (QED) is 0.562. The summed E-state index contributed by atoms with van der Waals surface area (Å²) in [6.07, 6.45) is 7.58. The van der Waals surface area contributed by atoms with Crippen LogP contribution >= 0.6 is 11.8 Å². The number of hydrogen-bond acceptors (Lipinski definition) is 7. The summed E-state index contributed by atoms with van der Waals surface area (Å²) in [5.74, 6) is -1.35. The molecule has 8 nitrogen and oxygen atoms in total. The van der Waals surface area contributed by atoms with Gasteiger partial charge in [0.05, 0.1) is 17.6 Å². The first-order valence-electron chi connectivity index (χ1n) is 10.7. The van der Waals surface area contributed by atoms with Crippen molar-refractivity contribution in [3.8, 4) is 0 Å². The number of rotatable bonds is 8. The molecule has 0 saturated heterocycles. The van der Waals surface area contributed by atoms with Crippen molar-refractivity contribution >= 4 is 34.7 Å². The Morgan fingerprint density at radius 1 is 1.24 bits per heavy atom. The van der Waals surface area contributed by atoms with E-state index in [1.807, 2.05) is 30.3 Å². The summed E-state index contributed by atoms with van der Waals surface area (Å²) >= 11 is 0.937. The van der Waals surface area contributed by atoms with Crippen molar-refractivity contribution in [3.05, 3.63) is 71.7 Å². The number of hydrogen-bond donors (Lipinski definition) is 2. The molecule has 33 heavy (non-hydrogen) atoms. The molecule has 2 atom stereocenters. The summed E-state index contributed by atoms with van der Waals surface area (Å²) in [7, 11) is 0. The number of nitrogens with zero attached hydrogens (tertiary/aromatic N) is 1. The summed E-state index contributed by atoms with van der Waals surface area (Å²) in [6.45, 7) is 3.04. The molecule has 2 aliphatic heterocycles. The lowest BCUT2D eigenvalue weighted by atomic mass is 10.0. The standard InChI is InChI=1S/C24H27N3O5S/c1-3-32-22(29)15-27-20-11-7-8-12-25-18(20)14-19(24(27)31)26-23(30)21(33-16(2)28)13-17-9-5-4-6-10-17/h4-12,19,21,25H,3,13-15H2,1-2H3,(H,26,30)/t19?,21-/m0/s1. The Kier molecular flexibility index (Phi) is 8.48. The number of thioether (sulfide) groups is 1. The lowest BCUT2D eigenvalue weighted by Crippen LogP contribution is -2.55. The predicted molar refractivity (Wildman–Crippen MR) is 126 cm³/mol. The lowest BCUT2D eigenvalue weighted by molar-refractivity contribution is -0.148. The third-order valence-corrected chi connectivity index (χ3v) is 6.06. The van der Waals surface area contributed by atoms with Crippen LogP contribution in [0, 0.1) is 0 Å². The Morgan fingerprint density at radius 3 is 2.70 bits per heavy atom. The zero-order valence-corrected chi connectivity index (χ0v) is 19.4. The van der Waals surface area contributed by atoms with Gasteiger partial charge in [-0.05, 0) is 31.1 Å². The summed E-state index contributed by atoms with van der Waals surface area (Å²) < 4.78 is 5.02. The van der Waals surface area contributed by atoms with Crippen LogP contribution in [-0.2, 0) is 30.3 Å². The fourth-order valence-corrected chi connectivity index (χ4v) is 4.48. The molecule has 0 aromatic heterocycles. The monoisotopic (exact) mass is 469 g/mol. The first-order valence-corrected chi connectivity index (χ1v) is 11.6. The number of carbonyl (C=O) groups is 4. The van der Waals surface area contributed by atoms with Crippen LogP contribution in [0.25, 0.3) is 0 Å². The number of benzene rings is 1. The highest BCUT2D eigenvalue weighted by Gasteiger charge is 2.37. The molecule has 2 aliphatic rings. The smallest absolute Gasteiger partial charge is 0.326 e. The molecule has 2 heterocycles. The predicted octanol–water partition coefficient (Wildman–Crippen LogP) is 2.04. The third kappa shape index (κ3) is 6.58. The number of ether oxygens (including phenoxy) is 1. The topological polar surface area (TPSA) is 105 Å². The van der Waals surface area contributed by atoms with Crippen molar-refractivity contribution < 1.29 is 23.9 Å². The van der Waals surface area contributed by atoms with E-state index in [0.717, 1.165) is 17.3 Å². The summed E-state index contributed by atoms with van der Waals surface area (Å²) in [5, 5.41) is 5.06. The van der Waals surface area contributed by atoms with Gasteiger partial charge in [-0.2, -0.15) is 0 Å². The largest absolute Gasteiger partial charge is 0.465 e. The van der Waals surface area contributed by atoms with Crippen molar-refractivity contribution in [2.45, 2.75) is 38.0 Å². The van der Waals surface area contributed by atoms with E-state index in [4.69, 9.17) is 4.74 Å². The molecule has 174 valence electrons. The van der Waals surface area contributed by atoms with E-state index < -0.39 is 29.1 Å². The highest BCUT2D eigenvalue weighted by atomic mass is 32.2. The maximum Gasteiger partial charge on any atom is 0.326 e. The van der Waals surface area contributed by atoms with Gasteiger partial charge in [-0.25, -0.2) is 0 Å². The molecular weight excluding hydrogens is 442 g/mol. The van der Waals surface area contributed by atoms with E-state index in [0.29, 0.717) is 17.8 Å². The lowest BCUT2D eigenvalue weighted by Gasteiger charge is -2.35. The first-order chi connectivity index (χ1) is 15.9. The molecule has 9 heteroatoms. The van der Waals surface area contributed by atoms with Crippen LogP contribution in [0.2, 0.25) is 0 Å². The fraction of sp³-hybridized carbons (Fsp3) is 0.333. The number of esters is 1. The molecule has 0 aliphatic carbocycles. The molecule has 0 radical (unpaired) electrons. The third-order valence-electron chi connectivity index (χ3n) is 5.06. The van der Waals surface area contributed by atoms with Crippen molar-refractivity contribution in [1.29, 1.82) is 0 Å². The van der Waals surface area contributed by atoms with Gasteiger partial charge in [0.25, 0.3) is 5.91 Å². The summed E-state index contributed by atoms with van der Waals surface area (Å²) in [4.78, 5) is 51.7. The number of amides is 2. The van der Waals surface area contributed by atoms with Crippen molar-refractivity contribution in [2.24, 2.45) is 0 Å². The molecule has 3 rings (SSSR count). The van der Waals surface area contributed by atoms with Gasteiger partial charge in [0.1, 0.15) is 12.6 Å². The molecule has 2 N–H and O–H groups in total. The molecule has 0 fully saturated rings. The van der Waals surface area contributed by atoms with Crippen molar-refractivity contribution in [2.75, 3.05) is 13.2 Å². The molecule has 2 amide bonds. The van der Waals surface area contributed by atoms with Gasteiger partial charge in [0.2, 0.25) is 5.91 Å². The van der Waals surface area contributed by atoms with Crippen LogP contribution in [0.1, 0.15) is 25.8 Å². The SMILES string of the molecule is CCOC(=O)CN1C(=O)C(NC(=O)[C@H](Cc2ccccc2)SC(C)=O)CC2=C1C=CC=CN2. The first kappa shape index (κ1) is 24.3. The highest BCUT2D eigenvalue weighted by Crippen LogP contribution is 2.26. The average molecular weight is 470 g/mol. The molecule has 1 aromatic rings. The molecule has 1 aromatic carbocycles. The van der Waals surface area contributed by atoms with Gasteiger partial charge in [-0.15, -0.1) is 0 Å². The second kappa shape index (κ2) is 11.5. The van der Waals surface area contributed by atoms with Crippen LogP contribution in [0.15, 0.2) is 66.2 Å². The minimum absolute atomic E-state index is 0.185. The van der Waals surface area contributed by atoms with E-state index in [2.05, 4.69) is 10.6 Å². The van der Waals surface area contributed by atoms with E-state index in [1.165, 1.54) is 11.8 Å². The molecule has 0 spiro atoms. The van der Waals surface area contributed by atoms with Gasteiger partial charge in [0, 0.05) is 25.2 Å². The van der Waals surface area contributed by atoms with Crippen LogP contribution in [0.5, 0.6) is 0 Å². The second-order valence-electron chi connectivity index (χ2n) is 7.51. The molecule has 0 saturated carbocycles. The van der Waals surface area contributed by atoms with Crippen molar-refractivity contribution in [3.63, 3.8) is 0 Å². The Morgan fingerprint density at radius 2 is 2.00 bits per heavy atom. The molecule has 1 unspecified atom stereocenters. The van der Waals surface area contributed by atoms with E-state index in [-0.39, 0.29) is 24.7 Å². The number of nitrogens with one attached hydrogen (secondary N) is 2. The van der Waals surface area contributed by atoms with Crippen LogP contribution in [-0.4, -0.2) is 52.2 Å². The van der Waals surface area contributed by atoms with Gasteiger partial charge < -0.3 is 15.4 Å². The maximum atomic E-state index is 13.3. The average Bonchev–Trinajstić information content (AvgIpc) is 3.02. The van der Waals surface area contributed by atoms with E-state index in [9.17, 15) is 19.2 Å². The highest BCUT2D eigenvalue weighted by molar-refractivity contribution is 8.14. The van der Waals surface area contributed by atoms with Gasteiger partial charge in [-0.1, -0.05) is 48.2 Å². The summed E-state index contributed by atoms with van der Waals surface area (Å²) in [5.41, 5.74) is 2.17. The van der Waals surface area contributed by atoms with Gasteiger partial charge in [0.15, 0.2) is 5.12 Å². The Hall–Kier alpha value is -3.33. The van der Waals surface area contributed by atoms with Crippen molar-refractivity contribution in [1.82, 2.24) is 15.5 Å². The Bertz CT molecular complexity index is 1000. The molecular formula is C24H27N3O5S. The van der Waals surface area contributed by atoms with Crippen LogP contribution in [0.3, 0.4) is 0 Å².